The first-order valence-corrected chi connectivity index (χ1v) is 12.0. The molecule has 2 heterocycles. The molecule has 0 spiro atoms. The van der Waals surface area contributed by atoms with Crippen molar-refractivity contribution in [1.82, 2.24) is 14.6 Å². The van der Waals surface area contributed by atoms with Crippen molar-refractivity contribution in [2.75, 3.05) is 17.8 Å². The fraction of sp³-hybridized carbons (Fsp3) is 0.391. The maximum atomic E-state index is 12.9. The molecule has 7 nitrogen and oxygen atoms in total. The third kappa shape index (κ3) is 5.31. The first-order chi connectivity index (χ1) is 15.5. The molecule has 1 aromatic carbocycles. The van der Waals surface area contributed by atoms with Gasteiger partial charge in [0.2, 0.25) is 0 Å². The average Bonchev–Trinajstić information content (AvgIpc) is 3.36. The average molecular weight is 474 g/mol. The topological polar surface area (TPSA) is 93.2 Å². The lowest BCUT2D eigenvalue weighted by atomic mass is 10.1. The van der Waals surface area contributed by atoms with Crippen molar-refractivity contribution in [1.29, 1.82) is 5.41 Å². The van der Waals surface area contributed by atoms with Crippen LogP contribution >= 0.6 is 23.7 Å². The molecule has 1 aliphatic carbocycles. The third-order valence-electron chi connectivity index (χ3n) is 5.69. The second-order valence-corrected chi connectivity index (χ2v) is 9.44. The highest BCUT2D eigenvalue weighted by Crippen LogP contribution is 2.32. The lowest BCUT2D eigenvalue weighted by molar-refractivity contribution is 0.0787. The third-order valence-corrected chi connectivity index (χ3v) is 6.78. The number of benzene rings is 1. The predicted molar refractivity (Wildman–Crippen MR) is 131 cm³/mol. The Bertz CT molecular complexity index is 1030. The van der Waals surface area contributed by atoms with Crippen molar-refractivity contribution in [2.45, 2.75) is 39.2 Å². The van der Waals surface area contributed by atoms with Gasteiger partial charge in [0.25, 0.3) is 5.91 Å². The van der Waals surface area contributed by atoms with E-state index in [9.17, 15) is 4.79 Å². The minimum Gasteiger partial charge on any atom is -0.455 e. The summed E-state index contributed by atoms with van der Waals surface area (Å²) < 4.78 is 12.6. The van der Waals surface area contributed by atoms with Crippen LogP contribution in [0.3, 0.4) is 0 Å². The summed E-state index contributed by atoms with van der Waals surface area (Å²) in [6, 6.07) is 5.98. The minimum atomic E-state index is 0.0272. The largest absolute Gasteiger partial charge is 0.455 e. The minimum absolute atomic E-state index is 0.0272. The number of anilines is 1. The van der Waals surface area contributed by atoms with Gasteiger partial charge in [0.05, 0.1) is 22.0 Å². The molecule has 2 aromatic rings. The Labute approximate surface area is 197 Å². The Morgan fingerprint density at radius 1 is 1.38 bits per heavy atom. The molecule has 4 rings (SSSR count). The summed E-state index contributed by atoms with van der Waals surface area (Å²) in [5, 5.41) is 8.08. The van der Waals surface area contributed by atoms with Crippen LogP contribution in [-0.4, -0.2) is 41.1 Å². The van der Waals surface area contributed by atoms with Gasteiger partial charge in [-0.05, 0) is 49.8 Å². The maximum absolute atomic E-state index is 12.9. The molecule has 2 fully saturated rings. The molecule has 4 N–H and O–H groups in total. The quantitative estimate of drug-likeness (QED) is 0.226. The van der Waals surface area contributed by atoms with Crippen LogP contribution in [0.2, 0.25) is 5.02 Å². The zero-order chi connectivity index (χ0) is 22.7. The number of hydrogen-bond acceptors (Lipinski definition) is 6. The molecule has 1 atom stereocenters. The highest BCUT2D eigenvalue weighted by molar-refractivity contribution is 7.98. The van der Waals surface area contributed by atoms with Crippen LogP contribution in [0.25, 0.3) is 5.76 Å². The fourth-order valence-electron chi connectivity index (χ4n) is 3.65. The number of nitrogens with one attached hydrogen (secondary N) is 4. The predicted octanol–water partition coefficient (Wildman–Crippen LogP) is 5.26. The van der Waals surface area contributed by atoms with Crippen molar-refractivity contribution in [3.05, 3.63) is 52.3 Å². The molecular weight excluding hydrogens is 446 g/mol. The maximum Gasteiger partial charge on any atom is 0.255 e. The Morgan fingerprint density at radius 3 is 2.84 bits per heavy atom. The highest BCUT2D eigenvalue weighted by atomic mass is 35.5. The summed E-state index contributed by atoms with van der Waals surface area (Å²) in [4.78, 5) is 18.0. The lowest BCUT2D eigenvalue weighted by Crippen LogP contribution is -2.28. The Hall–Kier alpha value is -2.42. The Balaban J connectivity index is 1.47. The zero-order valence-electron chi connectivity index (χ0n) is 18.2. The van der Waals surface area contributed by atoms with Gasteiger partial charge in [-0.1, -0.05) is 18.5 Å². The molecule has 32 heavy (non-hydrogen) atoms. The summed E-state index contributed by atoms with van der Waals surface area (Å²) >= 11 is 7.85. The number of carbonyl (C=O) groups is 1. The molecule has 0 radical (unpaired) electrons. The first-order valence-electron chi connectivity index (χ1n) is 10.8. The number of rotatable bonds is 9. The highest BCUT2D eigenvalue weighted by Gasteiger charge is 2.27. The number of H-pyrrole nitrogens is 1. The molecular formula is C23H28ClN5O2S. The van der Waals surface area contributed by atoms with Gasteiger partial charge >= 0.3 is 0 Å². The molecule has 2 aliphatic rings. The smallest absolute Gasteiger partial charge is 0.255 e. The van der Waals surface area contributed by atoms with Crippen LogP contribution in [-0.2, 0) is 0 Å². The van der Waals surface area contributed by atoms with Gasteiger partial charge in [-0.2, -0.15) is 0 Å². The van der Waals surface area contributed by atoms with E-state index in [4.69, 9.17) is 21.7 Å². The Kier molecular flexibility index (Phi) is 7.13. The van der Waals surface area contributed by atoms with Crippen molar-refractivity contribution in [2.24, 2.45) is 5.92 Å². The molecule has 1 amide bonds. The monoisotopic (exact) mass is 473 g/mol. The number of nitrogens with zero attached hydrogens (tertiary/aromatic N) is 1. The first kappa shape index (κ1) is 22.8. The fourth-order valence-corrected chi connectivity index (χ4v) is 4.67. The number of amides is 1. The molecule has 170 valence electrons. The normalized spacial score (nSPS) is 18.7. The second-order valence-electron chi connectivity index (χ2n) is 8.38. The van der Waals surface area contributed by atoms with E-state index in [2.05, 4.69) is 21.4 Å². The number of aromatic nitrogens is 1. The van der Waals surface area contributed by atoms with Crippen molar-refractivity contribution in [3.8, 4) is 5.75 Å². The zero-order valence-corrected chi connectivity index (χ0v) is 19.8. The summed E-state index contributed by atoms with van der Waals surface area (Å²) in [5.41, 5.74) is 2.89. The van der Waals surface area contributed by atoms with E-state index in [1.54, 1.807) is 18.3 Å². The van der Waals surface area contributed by atoms with Gasteiger partial charge in [0.1, 0.15) is 5.75 Å². The second kappa shape index (κ2) is 10.0. The molecule has 1 unspecified atom stereocenters. The van der Waals surface area contributed by atoms with Crippen LogP contribution in [0.15, 0.2) is 30.5 Å². The lowest BCUT2D eigenvalue weighted by Gasteiger charge is -2.16. The van der Waals surface area contributed by atoms with Crippen LogP contribution in [0.1, 0.15) is 47.8 Å². The number of allylic oxidation sites excluding steroid dienone is 1. The molecule has 0 bridgehead atoms. The van der Waals surface area contributed by atoms with Crippen LogP contribution in [0.4, 0.5) is 5.69 Å². The van der Waals surface area contributed by atoms with Gasteiger partial charge in [-0.3, -0.25) is 4.79 Å². The van der Waals surface area contributed by atoms with Crippen LogP contribution < -0.4 is 14.2 Å². The van der Waals surface area contributed by atoms with E-state index >= 15 is 0 Å². The van der Waals surface area contributed by atoms with E-state index in [1.165, 1.54) is 25.0 Å². The van der Waals surface area contributed by atoms with E-state index in [-0.39, 0.29) is 5.91 Å². The number of halogens is 1. The molecule has 1 saturated carbocycles. The number of ether oxygens (including phenoxy) is 1. The van der Waals surface area contributed by atoms with Gasteiger partial charge in [-0.25, -0.2) is 4.72 Å². The van der Waals surface area contributed by atoms with E-state index in [1.807, 2.05) is 24.0 Å². The van der Waals surface area contributed by atoms with Gasteiger partial charge in [0, 0.05) is 55.8 Å². The molecule has 1 aromatic heterocycles. The van der Waals surface area contributed by atoms with Crippen molar-refractivity contribution < 1.29 is 9.53 Å². The van der Waals surface area contributed by atoms with Crippen LogP contribution in [0.5, 0.6) is 5.75 Å². The van der Waals surface area contributed by atoms with E-state index in [0.29, 0.717) is 39.7 Å². The summed E-state index contributed by atoms with van der Waals surface area (Å²) in [6.45, 7) is 5.62. The Morgan fingerprint density at radius 2 is 2.19 bits per heavy atom. The standard InChI is InChI=1S/C23H28ClN5O2S/c1-14-8-10-29(13-14)23(30)18-12-26-22(15(18)2)21(7-9-25)31-17-5-6-20(19(24)11-17)28-32-27-16-3-4-16/h5-7,9,11-12,14,16,25-28H,3-4,8,10,13H2,1-2H3/b21-7+,25-9?. The summed E-state index contributed by atoms with van der Waals surface area (Å²) in [6.07, 6.45) is 7.89. The molecule has 1 saturated heterocycles. The van der Waals surface area contributed by atoms with Crippen molar-refractivity contribution in [3.63, 3.8) is 0 Å². The van der Waals surface area contributed by atoms with Gasteiger partial charge in [-0.15, -0.1) is 0 Å². The van der Waals surface area contributed by atoms with Crippen molar-refractivity contribution >= 4 is 47.3 Å². The van der Waals surface area contributed by atoms with Gasteiger partial charge in [0.15, 0.2) is 5.76 Å². The number of hydrogen-bond donors (Lipinski definition) is 4. The number of likely N-dealkylation sites (tertiary alicyclic amines) is 1. The van der Waals surface area contributed by atoms with E-state index < -0.39 is 0 Å². The van der Waals surface area contributed by atoms with E-state index in [0.717, 1.165) is 37.0 Å². The summed E-state index contributed by atoms with van der Waals surface area (Å²) in [7, 11) is 0. The number of carbonyl (C=O) groups excluding carboxylic acids is 1. The van der Waals surface area contributed by atoms with Gasteiger partial charge < -0.3 is 24.8 Å². The molecule has 9 heteroatoms. The summed E-state index contributed by atoms with van der Waals surface area (Å²) in [5.74, 6) is 1.55. The molecule has 1 aliphatic heterocycles. The number of aromatic amines is 1. The van der Waals surface area contributed by atoms with Crippen LogP contribution in [0, 0.1) is 18.3 Å². The SMILES string of the molecule is Cc1c(C(=O)N2CCC(C)C2)c[nH]c1/C(=C\C=N)Oc1ccc(NSNC2CC2)c(Cl)c1.